The summed E-state index contributed by atoms with van der Waals surface area (Å²) in [6.45, 7) is 2.11. The number of hydrogen-bond donors (Lipinski definition) is 1. The molecule has 1 aliphatic rings. The Morgan fingerprint density at radius 2 is 1.57 bits per heavy atom. The maximum absolute atomic E-state index is 4.48. The summed E-state index contributed by atoms with van der Waals surface area (Å²) in [7, 11) is 0. The van der Waals surface area contributed by atoms with E-state index >= 15 is 0 Å². The SMILES string of the molecule is Cc1cc(-c2cccc3c2Cc2ccccc2-3)ccc1S. The molecule has 1 aliphatic carbocycles. The summed E-state index contributed by atoms with van der Waals surface area (Å²) >= 11 is 4.48. The second-order valence-corrected chi connectivity index (χ2v) is 6.15. The van der Waals surface area contributed by atoms with Crippen LogP contribution in [-0.4, -0.2) is 0 Å². The molecule has 0 fully saturated rings. The second kappa shape index (κ2) is 4.78. The topological polar surface area (TPSA) is 0 Å². The minimum atomic E-state index is 1.03. The third-order valence-corrected chi connectivity index (χ3v) is 4.86. The van der Waals surface area contributed by atoms with Crippen LogP contribution in [0.25, 0.3) is 22.3 Å². The van der Waals surface area contributed by atoms with Crippen molar-refractivity contribution >= 4 is 12.6 Å². The Hall–Kier alpha value is -1.99. The molecule has 3 aromatic carbocycles. The van der Waals surface area contributed by atoms with Crippen molar-refractivity contribution in [3.63, 3.8) is 0 Å². The predicted molar refractivity (Wildman–Crippen MR) is 92.1 cm³/mol. The largest absolute Gasteiger partial charge is 0.143 e. The molecule has 0 aromatic heterocycles. The Morgan fingerprint density at radius 1 is 0.810 bits per heavy atom. The summed E-state index contributed by atoms with van der Waals surface area (Å²) in [6.07, 6.45) is 1.03. The van der Waals surface area contributed by atoms with Crippen molar-refractivity contribution in [1.29, 1.82) is 0 Å². The van der Waals surface area contributed by atoms with E-state index in [4.69, 9.17) is 0 Å². The minimum Gasteiger partial charge on any atom is -0.143 e. The standard InChI is InChI=1S/C20H16S/c1-13-11-15(9-10-20(13)21)17-7-4-8-18-16-6-3-2-5-14(16)12-19(17)18/h2-11,21H,12H2,1H3. The molecule has 0 radical (unpaired) electrons. The van der Waals surface area contributed by atoms with Gasteiger partial charge < -0.3 is 0 Å². The maximum Gasteiger partial charge on any atom is 0.00696 e. The molecule has 0 saturated carbocycles. The highest BCUT2D eigenvalue weighted by molar-refractivity contribution is 7.80. The highest BCUT2D eigenvalue weighted by atomic mass is 32.1. The number of aryl methyl sites for hydroxylation is 1. The Bertz CT molecular complexity index is 846. The zero-order chi connectivity index (χ0) is 14.4. The molecule has 4 rings (SSSR count). The van der Waals surface area contributed by atoms with Crippen LogP contribution in [0.15, 0.2) is 65.6 Å². The third kappa shape index (κ3) is 2.00. The first-order valence-corrected chi connectivity index (χ1v) is 7.69. The highest BCUT2D eigenvalue weighted by Gasteiger charge is 2.20. The normalized spacial score (nSPS) is 12.1. The van der Waals surface area contributed by atoms with E-state index in [-0.39, 0.29) is 0 Å². The maximum atomic E-state index is 4.48. The molecule has 0 atom stereocenters. The molecule has 102 valence electrons. The van der Waals surface area contributed by atoms with Crippen LogP contribution >= 0.6 is 12.6 Å². The van der Waals surface area contributed by atoms with Gasteiger partial charge in [0.25, 0.3) is 0 Å². The molecule has 0 saturated heterocycles. The van der Waals surface area contributed by atoms with Crippen molar-refractivity contribution < 1.29 is 0 Å². The lowest BCUT2D eigenvalue weighted by Gasteiger charge is -2.10. The average molecular weight is 288 g/mol. The van der Waals surface area contributed by atoms with Crippen LogP contribution in [0.2, 0.25) is 0 Å². The first-order chi connectivity index (χ1) is 10.2. The minimum absolute atomic E-state index is 1.03. The summed E-state index contributed by atoms with van der Waals surface area (Å²) in [5.74, 6) is 0. The molecule has 0 nitrogen and oxygen atoms in total. The molecule has 0 spiro atoms. The van der Waals surface area contributed by atoms with Gasteiger partial charge in [0.05, 0.1) is 0 Å². The van der Waals surface area contributed by atoms with E-state index in [2.05, 4.69) is 80.2 Å². The Balaban J connectivity index is 1.92. The Morgan fingerprint density at radius 3 is 2.43 bits per heavy atom. The van der Waals surface area contributed by atoms with Crippen molar-refractivity contribution in [1.82, 2.24) is 0 Å². The molecule has 21 heavy (non-hydrogen) atoms. The van der Waals surface area contributed by atoms with Gasteiger partial charge in [0.1, 0.15) is 0 Å². The molecular formula is C20H16S. The number of benzene rings is 3. The summed E-state index contributed by atoms with van der Waals surface area (Å²) in [5, 5.41) is 0. The summed E-state index contributed by atoms with van der Waals surface area (Å²) < 4.78 is 0. The second-order valence-electron chi connectivity index (χ2n) is 5.67. The van der Waals surface area contributed by atoms with Gasteiger partial charge in [0, 0.05) is 4.90 Å². The van der Waals surface area contributed by atoms with Crippen LogP contribution in [-0.2, 0) is 6.42 Å². The summed E-state index contributed by atoms with van der Waals surface area (Å²) in [4.78, 5) is 1.05. The van der Waals surface area contributed by atoms with Gasteiger partial charge in [-0.05, 0) is 58.4 Å². The zero-order valence-corrected chi connectivity index (χ0v) is 12.8. The van der Waals surface area contributed by atoms with Crippen molar-refractivity contribution in [2.24, 2.45) is 0 Å². The van der Waals surface area contributed by atoms with E-state index in [1.807, 2.05) is 0 Å². The molecule has 1 heteroatoms. The molecule has 0 aliphatic heterocycles. The summed E-state index contributed by atoms with van der Waals surface area (Å²) in [5.41, 5.74) is 9.51. The van der Waals surface area contributed by atoms with Crippen LogP contribution in [0, 0.1) is 6.92 Å². The van der Waals surface area contributed by atoms with Gasteiger partial charge in [-0.1, -0.05) is 54.6 Å². The summed E-state index contributed by atoms with van der Waals surface area (Å²) in [6, 6.07) is 21.9. The fourth-order valence-electron chi connectivity index (χ4n) is 3.25. The van der Waals surface area contributed by atoms with Crippen molar-refractivity contribution in [2.45, 2.75) is 18.2 Å². The van der Waals surface area contributed by atoms with Gasteiger partial charge in [-0.25, -0.2) is 0 Å². The first-order valence-electron chi connectivity index (χ1n) is 7.24. The molecule has 0 bridgehead atoms. The third-order valence-electron chi connectivity index (χ3n) is 4.36. The first kappa shape index (κ1) is 12.7. The average Bonchev–Trinajstić information content (AvgIpc) is 2.89. The smallest absolute Gasteiger partial charge is 0.00696 e. The van der Waals surface area contributed by atoms with E-state index < -0.39 is 0 Å². The van der Waals surface area contributed by atoms with Crippen LogP contribution in [0.1, 0.15) is 16.7 Å². The molecular weight excluding hydrogens is 272 g/mol. The van der Waals surface area contributed by atoms with Gasteiger partial charge in [-0.2, -0.15) is 0 Å². The van der Waals surface area contributed by atoms with E-state index in [1.54, 1.807) is 0 Å². The van der Waals surface area contributed by atoms with Crippen molar-refractivity contribution in [3.05, 3.63) is 77.4 Å². The van der Waals surface area contributed by atoms with Gasteiger partial charge in [0.15, 0.2) is 0 Å². The van der Waals surface area contributed by atoms with Crippen molar-refractivity contribution in [2.75, 3.05) is 0 Å². The zero-order valence-electron chi connectivity index (χ0n) is 11.9. The molecule has 3 aromatic rings. The number of thiol groups is 1. The van der Waals surface area contributed by atoms with Gasteiger partial charge in [0.2, 0.25) is 0 Å². The monoisotopic (exact) mass is 288 g/mol. The molecule has 0 N–H and O–H groups in total. The Kier molecular flexibility index (Phi) is 2.90. The lowest BCUT2D eigenvalue weighted by atomic mass is 9.95. The fraction of sp³-hybridized carbons (Fsp3) is 0.100. The lowest BCUT2D eigenvalue weighted by Crippen LogP contribution is -1.89. The van der Waals surface area contributed by atoms with E-state index in [9.17, 15) is 0 Å². The predicted octanol–water partition coefficient (Wildman–Crippen LogP) is 5.52. The number of fused-ring (bicyclic) bond motifs is 3. The fourth-order valence-corrected chi connectivity index (χ4v) is 3.39. The van der Waals surface area contributed by atoms with Crippen LogP contribution in [0.3, 0.4) is 0 Å². The van der Waals surface area contributed by atoms with Gasteiger partial charge >= 0.3 is 0 Å². The van der Waals surface area contributed by atoms with Crippen molar-refractivity contribution in [3.8, 4) is 22.3 Å². The van der Waals surface area contributed by atoms with Crippen LogP contribution < -0.4 is 0 Å². The molecule has 0 heterocycles. The van der Waals surface area contributed by atoms with Crippen LogP contribution in [0.4, 0.5) is 0 Å². The van der Waals surface area contributed by atoms with Gasteiger partial charge in [-0.15, -0.1) is 12.6 Å². The van der Waals surface area contributed by atoms with E-state index in [0.717, 1.165) is 11.3 Å². The van der Waals surface area contributed by atoms with E-state index in [0.29, 0.717) is 0 Å². The molecule has 0 unspecified atom stereocenters. The van der Waals surface area contributed by atoms with Gasteiger partial charge in [-0.3, -0.25) is 0 Å². The lowest BCUT2D eigenvalue weighted by molar-refractivity contribution is 1.25. The highest BCUT2D eigenvalue weighted by Crippen LogP contribution is 2.41. The number of hydrogen-bond acceptors (Lipinski definition) is 1. The quantitative estimate of drug-likeness (QED) is 0.438. The number of rotatable bonds is 1. The van der Waals surface area contributed by atoms with E-state index in [1.165, 1.54) is 38.9 Å². The van der Waals surface area contributed by atoms with Crippen LogP contribution in [0.5, 0.6) is 0 Å². The Labute approximate surface area is 130 Å². The molecule has 0 amide bonds.